The molecule has 3 heterocycles. The van der Waals surface area contributed by atoms with Crippen molar-refractivity contribution in [3.05, 3.63) is 18.6 Å². The SMILES string of the molecule is O=C(NCC1(O)CCCCC1)[C@H]1CCN(c2ncnc3[nH]ccc23)CC12CC2. The summed E-state index contributed by atoms with van der Waals surface area (Å²) in [4.78, 5) is 27.3. The molecule has 3 N–H and O–H groups in total. The lowest BCUT2D eigenvalue weighted by Gasteiger charge is -2.40. The molecule has 1 aliphatic heterocycles. The highest BCUT2D eigenvalue weighted by Gasteiger charge is 2.55. The van der Waals surface area contributed by atoms with Crippen LogP contribution in [-0.2, 0) is 4.79 Å². The Labute approximate surface area is 164 Å². The molecule has 1 spiro atoms. The van der Waals surface area contributed by atoms with Crippen LogP contribution in [0.15, 0.2) is 18.6 Å². The van der Waals surface area contributed by atoms with Crippen LogP contribution < -0.4 is 10.2 Å². The quantitative estimate of drug-likeness (QED) is 0.754. The summed E-state index contributed by atoms with van der Waals surface area (Å²) in [5.74, 6) is 1.14. The highest BCUT2D eigenvalue weighted by Crippen LogP contribution is 2.56. The van der Waals surface area contributed by atoms with E-state index in [1.807, 2.05) is 12.3 Å². The van der Waals surface area contributed by atoms with Crippen molar-refractivity contribution in [3.8, 4) is 0 Å². The largest absolute Gasteiger partial charge is 0.388 e. The number of anilines is 1. The minimum absolute atomic E-state index is 0.0412. The molecule has 2 aliphatic carbocycles. The first kappa shape index (κ1) is 17.9. The zero-order chi connectivity index (χ0) is 19.2. The third kappa shape index (κ3) is 3.15. The lowest BCUT2D eigenvalue weighted by molar-refractivity contribution is -0.129. The summed E-state index contributed by atoms with van der Waals surface area (Å²) in [6.45, 7) is 2.09. The molecule has 0 bridgehead atoms. The van der Waals surface area contributed by atoms with Crippen molar-refractivity contribution in [2.75, 3.05) is 24.5 Å². The molecule has 2 aromatic heterocycles. The highest BCUT2D eigenvalue weighted by molar-refractivity contribution is 5.87. The third-order valence-electron chi connectivity index (χ3n) is 7.15. The van der Waals surface area contributed by atoms with Crippen molar-refractivity contribution in [2.45, 2.75) is 57.0 Å². The van der Waals surface area contributed by atoms with Crippen LogP contribution in [0.4, 0.5) is 5.82 Å². The number of aromatic nitrogens is 3. The van der Waals surface area contributed by atoms with Crippen molar-refractivity contribution >= 4 is 22.8 Å². The maximum Gasteiger partial charge on any atom is 0.223 e. The third-order valence-corrected chi connectivity index (χ3v) is 7.15. The molecule has 2 saturated carbocycles. The average Bonchev–Trinajstić information content (AvgIpc) is 3.28. The molecule has 1 atom stereocenters. The number of H-pyrrole nitrogens is 1. The minimum Gasteiger partial charge on any atom is -0.388 e. The monoisotopic (exact) mass is 383 g/mol. The molecule has 7 nitrogen and oxygen atoms in total. The van der Waals surface area contributed by atoms with E-state index in [1.54, 1.807) is 6.33 Å². The Balaban J connectivity index is 1.26. The number of rotatable bonds is 4. The summed E-state index contributed by atoms with van der Waals surface area (Å²) >= 11 is 0. The van der Waals surface area contributed by atoms with E-state index in [0.717, 1.165) is 74.9 Å². The summed E-state index contributed by atoms with van der Waals surface area (Å²) in [6.07, 6.45) is 11.4. The van der Waals surface area contributed by atoms with Crippen molar-refractivity contribution in [1.29, 1.82) is 0 Å². The van der Waals surface area contributed by atoms with E-state index in [9.17, 15) is 9.90 Å². The van der Waals surface area contributed by atoms with Crippen LogP contribution in [0.5, 0.6) is 0 Å². The molecular formula is C21H29N5O2. The fraction of sp³-hybridized carbons (Fsp3) is 0.667. The Morgan fingerprint density at radius 3 is 2.86 bits per heavy atom. The van der Waals surface area contributed by atoms with Gasteiger partial charge in [0.15, 0.2) is 0 Å². The van der Waals surface area contributed by atoms with Crippen LogP contribution in [0.25, 0.3) is 11.0 Å². The zero-order valence-corrected chi connectivity index (χ0v) is 16.3. The second kappa shape index (κ2) is 6.72. The highest BCUT2D eigenvalue weighted by atomic mass is 16.3. The Morgan fingerprint density at radius 2 is 2.07 bits per heavy atom. The van der Waals surface area contributed by atoms with E-state index in [1.165, 1.54) is 6.42 Å². The van der Waals surface area contributed by atoms with E-state index >= 15 is 0 Å². The number of piperidine rings is 1. The van der Waals surface area contributed by atoms with Gasteiger partial charge in [-0.25, -0.2) is 9.97 Å². The Kier molecular flexibility index (Phi) is 4.30. The summed E-state index contributed by atoms with van der Waals surface area (Å²) in [7, 11) is 0. The van der Waals surface area contributed by atoms with Gasteiger partial charge in [-0.05, 0) is 43.6 Å². The number of carbonyl (C=O) groups excluding carboxylic acids is 1. The van der Waals surface area contributed by atoms with Crippen LogP contribution in [0.1, 0.15) is 51.4 Å². The molecule has 3 fully saturated rings. The first-order valence-electron chi connectivity index (χ1n) is 10.6. The van der Waals surface area contributed by atoms with Gasteiger partial charge in [0, 0.05) is 31.7 Å². The predicted molar refractivity (Wildman–Crippen MR) is 107 cm³/mol. The molecule has 3 aliphatic rings. The normalized spacial score (nSPS) is 25.8. The topological polar surface area (TPSA) is 94.1 Å². The lowest BCUT2D eigenvalue weighted by atomic mass is 9.81. The number of nitrogens with one attached hydrogen (secondary N) is 2. The molecule has 1 saturated heterocycles. The summed E-state index contributed by atoms with van der Waals surface area (Å²) < 4.78 is 0. The van der Waals surface area contributed by atoms with Crippen LogP contribution in [0, 0.1) is 11.3 Å². The number of nitrogens with zero attached hydrogens (tertiary/aromatic N) is 3. The number of hydrogen-bond donors (Lipinski definition) is 3. The van der Waals surface area contributed by atoms with Gasteiger partial charge in [-0.1, -0.05) is 19.3 Å². The van der Waals surface area contributed by atoms with Gasteiger partial charge in [0.25, 0.3) is 0 Å². The van der Waals surface area contributed by atoms with E-state index in [2.05, 4.69) is 25.2 Å². The van der Waals surface area contributed by atoms with E-state index in [4.69, 9.17) is 0 Å². The predicted octanol–water partition coefficient (Wildman–Crippen LogP) is 2.38. The first-order chi connectivity index (χ1) is 13.6. The Hall–Kier alpha value is -2.15. The number of aromatic amines is 1. The smallest absolute Gasteiger partial charge is 0.223 e. The van der Waals surface area contributed by atoms with E-state index in [-0.39, 0.29) is 17.2 Å². The van der Waals surface area contributed by atoms with Crippen molar-refractivity contribution in [1.82, 2.24) is 20.3 Å². The number of hydrogen-bond acceptors (Lipinski definition) is 5. The molecule has 0 radical (unpaired) electrons. The lowest BCUT2D eigenvalue weighted by Crippen LogP contribution is -2.51. The van der Waals surface area contributed by atoms with Crippen LogP contribution in [0.2, 0.25) is 0 Å². The Morgan fingerprint density at radius 1 is 1.25 bits per heavy atom. The molecule has 0 aromatic carbocycles. The molecule has 1 amide bonds. The second-order valence-electron chi connectivity index (χ2n) is 9.07. The summed E-state index contributed by atoms with van der Waals surface area (Å²) in [5, 5.41) is 14.8. The molecule has 5 rings (SSSR count). The maximum atomic E-state index is 13.0. The fourth-order valence-corrected chi connectivity index (χ4v) is 5.29. The minimum atomic E-state index is -0.702. The van der Waals surface area contributed by atoms with E-state index < -0.39 is 5.60 Å². The molecule has 2 aromatic rings. The van der Waals surface area contributed by atoms with Gasteiger partial charge in [-0.15, -0.1) is 0 Å². The molecule has 7 heteroatoms. The standard InChI is InChI=1S/C21H29N5O2/c27-19(23-12-21(28)6-2-1-3-7-21)16-5-11-26(13-20(16)8-9-20)18-15-4-10-22-17(15)24-14-25-18/h4,10,14,16,28H,1-3,5-9,11-13H2,(H,23,27)(H,22,24,25)/t16-/m1/s1. The second-order valence-corrected chi connectivity index (χ2v) is 9.07. The first-order valence-corrected chi connectivity index (χ1v) is 10.6. The molecular weight excluding hydrogens is 354 g/mol. The van der Waals surface area contributed by atoms with E-state index in [0.29, 0.717) is 6.54 Å². The van der Waals surface area contributed by atoms with Crippen molar-refractivity contribution in [2.24, 2.45) is 11.3 Å². The van der Waals surface area contributed by atoms with Crippen molar-refractivity contribution in [3.63, 3.8) is 0 Å². The molecule has 150 valence electrons. The zero-order valence-electron chi connectivity index (χ0n) is 16.3. The van der Waals surface area contributed by atoms with Gasteiger partial charge in [0.1, 0.15) is 17.8 Å². The van der Waals surface area contributed by atoms with Gasteiger partial charge in [0.05, 0.1) is 11.0 Å². The van der Waals surface area contributed by atoms with Crippen LogP contribution >= 0.6 is 0 Å². The summed E-state index contributed by atoms with van der Waals surface area (Å²) in [5.41, 5.74) is 0.215. The van der Waals surface area contributed by atoms with Crippen LogP contribution in [-0.4, -0.2) is 51.2 Å². The molecule has 0 unspecified atom stereocenters. The number of carbonyl (C=O) groups is 1. The fourth-order valence-electron chi connectivity index (χ4n) is 5.29. The average molecular weight is 383 g/mol. The van der Waals surface area contributed by atoms with Gasteiger partial charge >= 0.3 is 0 Å². The Bertz CT molecular complexity index is 869. The number of amides is 1. The van der Waals surface area contributed by atoms with Crippen molar-refractivity contribution < 1.29 is 9.90 Å². The number of fused-ring (bicyclic) bond motifs is 1. The summed E-state index contributed by atoms with van der Waals surface area (Å²) in [6, 6.07) is 2.02. The van der Waals surface area contributed by atoms with Gasteiger partial charge in [-0.3, -0.25) is 4.79 Å². The van der Waals surface area contributed by atoms with Crippen LogP contribution in [0.3, 0.4) is 0 Å². The molecule has 28 heavy (non-hydrogen) atoms. The van der Waals surface area contributed by atoms with Gasteiger partial charge < -0.3 is 20.3 Å². The maximum absolute atomic E-state index is 13.0. The van der Waals surface area contributed by atoms with Gasteiger partial charge in [0.2, 0.25) is 5.91 Å². The van der Waals surface area contributed by atoms with Gasteiger partial charge in [-0.2, -0.15) is 0 Å². The number of aliphatic hydroxyl groups is 1.